The van der Waals surface area contributed by atoms with Crippen LogP contribution >= 0.6 is 0 Å². The molecule has 0 radical (unpaired) electrons. The van der Waals surface area contributed by atoms with E-state index >= 15 is 0 Å². The summed E-state index contributed by atoms with van der Waals surface area (Å²) in [4.78, 5) is 9.11. The van der Waals surface area contributed by atoms with Crippen molar-refractivity contribution in [2.45, 2.75) is 65.9 Å². The van der Waals surface area contributed by atoms with Gasteiger partial charge in [-0.1, -0.05) is 27.7 Å². The van der Waals surface area contributed by atoms with Crippen molar-refractivity contribution in [3.8, 4) is 0 Å². The predicted molar refractivity (Wildman–Crippen MR) is 88.9 cm³/mol. The van der Waals surface area contributed by atoms with E-state index in [2.05, 4.69) is 27.5 Å². The molecule has 0 amide bonds. The van der Waals surface area contributed by atoms with Crippen LogP contribution in [-0.2, 0) is 6.42 Å². The highest BCUT2D eigenvalue weighted by molar-refractivity contribution is 5.57. The molecule has 0 spiro atoms. The number of rotatable bonds is 9. The van der Waals surface area contributed by atoms with Gasteiger partial charge in [0.2, 0.25) is 0 Å². The first-order valence-corrected chi connectivity index (χ1v) is 8.07. The number of aryl methyl sites for hydroxylation is 1. The average molecular weight is 294 g/mol. The van der Waals surface area contributed by atoms with Crippen molar-refractivity contribution in [2.24, 2.45) is 0 Å². The van der Waals surface area contributed by atoms with E-state index in [0.717, 1.165) is 55.3 Å². The smallest absolute Gasteiger partial charge is 0.134 e. The minimum absolute atomic E-state index is 0.508. The number of nitrogens with one attached hydrogen (secondary N) is 2. The first-order valence-electron chi connectivity index (χ1n) is 8.07. The highest BCUT2D eigenvalue weighted by Gasteiger charge is 2.22. The summed E-state index contributed by atoms with van der Waals surface area (Å²) in [5.41, 5.74) is 0.330. The quantitative estimate of drug-likeness (QED) is 0.653. The van der Waals surface area contributed by atoms with Gasteiger partial charge in [0.25, 0.3) is 0 Å². The largest absolute Gasteiger partial charge is 0.388 e. The second-order valence-corrected chi connectivity index (χ2v) is 5.53. The zero-order valence-corrected chi connectivity index (χ0v) is 14.1. The van der Waals surface area contributed by atoms with Crippen LogP contribution in [-0.4, -0.2) is 33.8 Å². The van der Waals surface area contributed by atoms with Crippen LogP contribution in [0.25, 0.3) is 0 Å². The van der Waals surface area contributed by atoms with Crippen molar-refractivity contribution in [3.63, 3.8) is 0 Å². The Hall–Kier alpha value is -1.36. The summed E-state index contributed by atoms with van der Waals surface area (Å²) in [6.07, 6.45) is 3.30. The maximum absolute atomic E-state index is 10.4. The first kappa shape index (κ1) is 17.7. The van der Waals surface area contributed by atoms with Crippen LogP contribution < -0.4 is 10.6 Å². The fourth-order valence-corrected chi connectivity index (χ4v) is 2.06. The van der Waals surface area contributed by atoms with Gasteiger partial charge in [-0.25, -0.2) is 9.97 Å². The molecule has 0 fully saturated rings. The van der Waals surface area contributed by atoms with Gasteiger partial charge in [0.15, 0.2) is 0 Å². The molecule has 3 N–H and O–H groups in total. The Morgan fingerprint density at radius 2 is 1.57 bits per heavy atom. The molecular formula is C16H30N4O. The molecule has 21 heavy (non-hydrogen) atoms. The molecule has 5 heteroatoms. The van der Waals surface area contributed by atoms with E-state index in [4.69, 9.17) is 0 Å². The third-order valence-electron chi connectivity index (χ3n) is 3.95. The summed E-state index contributed by atoms with van der Waals surface area (Å²) >= 11 is 0. The van der Waals surface area contributed by atoms with Gasteiger partial charge in [-0.15, -0.1) is 0 Å². The molecule has 1 aromatic heterocycles. The highest BCUT2D eigenvalue weighted by Crippen LogP contribution is 2.22. The maximum atomic E-state index is 10.4. The molecule has 5 nitrogen and oxygen atoms in total. The summed E-state index contributed by atoms with van der Waals surface area (Å²) in [5.74, 6) is 2.53. The Morgan fingerprint density at radius 1 is 1.00 bits per heavy atom. The lowest BCUT2D eigenvalue weighted by Crippen LogP contribution is -2.35. The number of hydrogen-bond donors (Lipinski definition) is 3. The molecule has 0 aliphatic carbocycles. The van der Waals surface area contributed by atoms with E-state index < -0.39 is 5.60 Å². The van der Waals surface area contributed by atoms with Crippen LogP contribution in [0.1, 0.15) is 58.3 Å². The van der Waals surface area contributed by atoms with Crippen LogP contribution in [0.2, 0.25) is 0 Å². The van der Waals surface area contributed by atoms with Gasteiger partial charge >= 0.3 is 0 Å². The summed E-state index contributed by atoms with van der Waals surface area (Å²) in [5, 5.41) is 17.1. The van der Waals surface area contributed by atoms with Gasteiger partial charge in [-0.2, -0.15) is 0 Å². The van der Waals surface area contributed by atoms with Gasteiger partial charge in [-0.3, -0.25) is 0 Å². The number of aromatic nitrogens is 2. The molecule has 0 saturated carbocycles. The highest BCUT2D eigenvalue weighted by atomic mass is 16.3. The van der Waals surface area contributed by atoms with Crippen LogP contribution in [0.15, 0.2) is 0 Å². The monoisotopic (exact) mass is 294 g/mol. The van der Waals surface area contributed by atoms with Gasteiger partial charge < -0.3 is 15.7 Å². The first-order chi connectivity index (χ1) is 9.99. The zero-order valence-electron chi connectivity index (χ0n) is 14.1. The lowest BCUT2D eigenvalue weighted by Gasteiger charge is -2.26. The fraction of sp³-hybridized carbons (Fsp3) is 0.750. The Balaban J connectivity index is 2.94. The summed E-state index contributed by atoms with van der Waals surface area (Å²) in [6.45, 7) is 11.6. The normalized spacial score (nSPS) is 11.5. The molecule has 1 heterocycles. The Kier molecular flexibility index (Phi) is 6.89. The van der Waals surface area contributed by atoms with Crippen LogP contribution in [0.5, 0.6) is 0 Å². The lowest BCUT2D eigenvalue weighted by atomic mass is 9.97. The number of anilines is 2. The van der Waals surface area contributed by atoms with E-state index in [1.54, 1.807) is 0 Å². The number of aliphatic hydroxyl groups is 1. The molecule has 1 aromatic rings. The molecule has 0 unspecified atom stereocenters. The van der Waals surface area contributed by atoms with Crippen molar-refractivity contribution in [3.05, 3.63) is 11.4 Å². The van der Waals surface area contributed by atoms with Crippen LogP contribution in [0.3, 0.4) is 0 Å². The minimum atomic E-state index is -0.680. The Morgan fingerprint density at radius 3 is 2.05 bits per heavy atom. The Labute approximate surface area is 128 Å². The van der Waals surface area contributed by atoms with Gasteiger partial charge in [0.1, 0.15) is 17.5 Å². The van der Waals surface area contributed by atoms with Crippen molar-refractivity contribution in [1.82, 2.24) is 9.97 Å². The Bertz CT molecular complexity index is 444. The fourth-order valence-electron chi connectivity index (χ4n) is 2.06. The van der Waals surface area contributed by atoms with Crippen molar-refractivity contribution in [2.75, 3.05) is 23.7 Å². The molecule has 0 aliphatic rings. The third kappa shape index (κ3) is 4.84. The predicted octanol–water partition coefficient (Wildman–Crippen LogP) is 3.13. The van der Waals surface area contributed by atoms with Crippen LogP contribution in [0.4, 0.5) is 11.6 Å². The summed E-state index contributed by atoms with van der Waals surface area (Å²) < 4.78 is 0. The van der Waals surface area contributed by atoms with Crippen molar-refractivity contribution < 1.29 is 5.11 Å². The lowest BCUT2D eigenvalue weighted by molar-refractivity contribution is 0.0456. The summed E-state index contributed by atoms with van der Waals surface area (Å²) in [6, 6.07) is 0. The van der Waals surface area contributed by atoms with Crippen LogP contribution in [0, 0.1) is 6.92 Å². The zero-order chi connectivity index (χ0) is 15.9. The average Bonchev–Trinajstić information content (AvgIpc) is 2.52. The van der Waals surface area contributed by atoms with E-state index in [9.17, 15) is 5.11 Å². The van der Waals surface area contributed by atoms with E-state index in [-0.39, 0.29) is 0 Å². The van der Waals surface area contributed by atoms with Gasteiger partial charge in [0, 0.05) is 25.1 Å². The minimum Gasteiger partial charge on any atom is -0.388 e. The molecule has 0 aliphatic heterocycles. The molecule has 0 bridgehead atoms. The molecular weight excluding hydrogens is 264 g/mol. The van der Waals surface area contributed by atoms with E-state index in [1.165, 1.54) is 0 Å². The van der Waals surface area contributed by atoms with Crippen molar-refractivity contribution in [1.29, 1.82) is 0 Å². The standard InChI is InChI=1S/C16H30N4O/c1-6-10-17-14-12(5)15(20-13(7-2)19-14)18-11-16(21,8-3)9-4/h21H,6-11H2,1-5H3,(H2,17,18,19,20). The SMILES string of the molecule is CCCNc1nc(CC)nc(NCC(O)(CC)CC)c1C. The molecule has 0 saturated heterocycles. The van der Waals surface area contributed by atoms with Crippen molar-refractivity contribution >= 4 is 11.6 Å². The van der Waals surface area contributed by atoms with Gasteiger partial charge in [-0.05, 0) is 26.2 Å². The molecule has 0 atom stereocenters. The summed E-state index contributed by atoms with van der Waals surface area (Å²) in [7, 11) is 0. The molecule has 120 valence electrons. The molecule has 1 rings (SSSR count). The van der Waals surface area contributed by atoms with E-state index in [1.807, 2.05) is 27.7 Å². The van der Waals surface area contributed by atoms with E-state index in [0.29, 0.717) is 6.54 Å². The van der Waals surface area contributed by atoms with Gasteiger partial charge in [0.05, 0.1) is 5.60 Å². The topological polar surface area (TPSA) is 70.1 Å². The number of hydrogen-bond acceptors (Lipinski definition) is 5. The third-order valence-corrected chi connectivity index (χ3v) is 3.95. The maximum Gasteiger partial charge on any atom is 0.134 e. The second kappa shape index (κ2) is 8.17. The second-order valence-electron chi connectivity index (χ2n) is 5.53. The molecule has 0 aromatic carbocycles. The number of nitrogens with zero attached hydrogens (tertiary/aromatic N) is 2.